The monoisotopic (exact) mass is 336 g/mol. The molecule has 1 N–H and O–H groups in total. The number of thioether (sulfide) groups is 1. The summed E-state index contributed by atoms with van der Waals surface area (Å²) in [5.41, 5.74) is -0.311. The van der Waals surface area contributed by atoms with Crippen LogP contribution in [0.5, 0.6) is 0 Å². The van der Waals surface area contributed by atoms with Crippen molar-refractivity contribution in [1.82, 2.24) is 5.32 Å². The highest BCUT2D eigenvalue weighted by Gasteiger charge is 2.48. The molecule has 0 bridgehead atoms. The van der Waals surface area contributed by atoms with Crippen LogP contribution in [0.4, 0.5) is 0 Å². The van der Waals surface area contributed by atoms with Gasteiger partial charge in [-0.3, -0.25) is 5.32 Å². The second kappa shape index (κ2) is 5.47. The number of hydrogen-bond donors (Lipinski definition) is 1. The number of nitriles is 1. The van der Waals surface area contributed by atoms with E-state index in [-0.39, 0.29) is 5.54 Å². The summed E-state index contributed by atoms with van der Waals surface area (Å²) in [7, 11) is 0. The van der Waals surface area contributed by atoms with E-state index in [1.165, 1.54) is 30.6 Å². The molecule has 0 aromatic heterocycles. The molecule has 19 heavy (non-hydrogen) atoms. The third kappa shape index (κ3) is 3.34. The van der Waals surface area contributed by atoms with E-state index >= 15 is 0 Å². The Morgan fingerprint density at radius 1 is 1.37 bits per heavy atom. The van der Waals surface area contributed by atoms with Gasteiger partial charge in [0.05, 0.1) is 6.07 Å². The lowest BCUT2D eigenvalue weighted by Crippen LogP contribution is -2.49. The average molecular weight is 337 g/mol. The van der Waals surface area contributed by atoms with Crippen LogP contribution in [0, 0.1) is 17.2 Å². The zero-order chi connectivity index (χ0) is 13.3. The molecular weight excluding hydrogens is 320 g/mol. The first-order valence-electron chi connectivity index (χ1n) is 6.79. The van der Waals surface area contributed by atoms with Gasteiger partial charge in [-0.15, -0.1) is 11.8 Å². The van der Waals surface area contributed by atoms with Crippen molar-refractivity contribution >= 4 is 27.7 Å². The first-order chi connectivity index (χ1) is 9.22. The molecule has 0 aliphatic heterocycles. The minimum atomic E-state index is -0.311. The summed E-state index contributed by atoms with van der Waals surface area (Å²) >= 11 is 5.29. The summed E-state index contributed by atoms with van der Waals surface area (Å²) in [4.78, 5) is 1.23. The quantitative estimate of drug-likeness (QED) is 0.798. The standard InChI is InChI=1S/C15H17BrN2S/c16-12-2-1-3-14(8-12)19-10-15(9-17,11-4-5-11)18-13-6-7-13/h1-3,8,11,13,18H,4-7,10H2. The van der Waals surface area contributed by atoms with Gasteiger partial charge in [-0.05, 0) is 49.8 Å². The van der Waals surface area contributed by atoms with Crippen LogP contribution in [-0.4, -0.2) is 17.3 Å². The van der Waals surface area contributed by atoms with Crippen LogP contribution in [-0.2, 0) is 0 Å². The van der Waals surface area contributed by atoms with Gasteiger partial charge < -0.3 is 0 Å². The molecule has 2 aliphatic carbocycles. The number of benzene rings is 1. The Bertz CT molecular complexity index is 505. The maximum Gasteiger partial charge on any atom is 0.119 e. The predicted octanol–water partition coefficient (Wildman–Crippen LogP) is 3.97. The van der Waals surface area contributed by atoms with E-state index in [2.05, 4.69) is 39.4 Å². The van der Waals surface area contributed by atoms with Gasteiger partial charge in [0.2, 0.25) is 0 Å². The van der Waals surface area contributed by atoms with Crippen LogP contribution < -0.4 is 5.32 Å². The maximum atomic E-state index is 9.66. The lowest BCUT2D eigenvalue weighted by molar-refractivity contribution is 0.401. The average Bonchev–Trinajstić information content (AvgIpc) is 3.27. The minimum Gasteiger partial charge on any atom is -0.296 e. The van der Waals surface area contributed by atoms with Gasteiger partial charge in [0.1, 0.15) is 5.54 Å². The van der Waals surface area contributed by atoms with Gasteiger partial charge in [-0.25, -0.2) is 0 Å². The Kier molecular flexibility index (Phi) is 3.88. The van der Waals surface area contributed by atoms with E-state index in [9.17, 15) is 5.26 Å². The molecular formula is C15H17BrN2S. The van der Waals surface area contributed by atoms with E-state index in [1.54, 1.807) is 11.8 Å². The summed E-state index contributed by atoms with van der Waals surface area (Å²) in [5, 5.41) is 13.3. The Balaban J connectivity index is 1.68. The lowest BCUT2D eigenvalue weighted by Gasteiger charge is -2.27. The zero-order valence-electron chi connectivity index (χ0n) is 10.7. The zero-order valence-corrected chi connectivity index (χ0v) is 13.1. The number of nitrogens with zero attached hydrogens (tertiary/aromatic N) is 1. The SMILES string of the molecule is N#CC(CSc1cccc(Br)c1)(NC1CC1)C1CC1. The van der Waals surface area contributed by atoms with Crippen molar-refractivity contribution in [2.45, 2.75) is 42.2 Å². The third-order valence-corrected chi connectivity index (χ3v) is 5.46. The molecule has 0 radical (unpaired) electrons. The molecule has 0 spiro atoms. The molecule has 2 fully saturated rings. The highest BCUT2D eigenvalue weighted by atomic mass is 79.9. The van der Waals surface area contributed by atoms with Gasteiger partial charge in [0, 0.05) is 21.2 Å². The largest absolute Gasteiger partial charge is 0.296 e. The number of nitrogens with one attached hydrogen (secondary N) is 1. The molecule has 1 aromatic carbocycles. The van der Waals surface area contributed by atoms with Gasteiger partial charge in [-0.2, -0.15) is 5.26 Å². The van der Waals surface area contributed by atoms with E-state index in [4.69, 9.17) is 0 Å². The van der Waals surface area contributed by atoms with E-state index in [0.717, 1.165) is 10.2 Å². The summed E-state index contributed by atoms with van der Waals surface area (Å²) in [5.74, 6) is 1.40. The van der Waals surface area contributed by atoms with Gasteiger partial charge in [0.25, 0.3) is 0 Å². The summed E-state index contributed by atoms with van der Waals surface area (Å²) in [6.45, 7) is 0. The van der Waals surface area contributed by atoms with Crippen LogP contribution in [0.2, 0.25) is 0 Å². The number of halogens is 1. The van der Waals surface area contributed by atoms with Gasteiger partial charge >= 0.3 is 0 Å². The van der Waals surface area contributed by atoms with E-state index in [1.807, 2.05) is 12.1 Å². The fourth-order valence-electron chi connectivity index (χ4n) is 2.36. The second-order valence-corrected chi connectivity index (χ2v) is 7.49. The first kappa shape index (κ1) is 13.5. The fraction of sp³-hybridized carbons (Fsp3) is 0.533. The molecule has 0 heterocycles. The summed E-state index contributed by atoms with van der Waals surface area (Å²) in [6.07, 6.45) is 4.87. The molecule has 100 valence electrons. The highest BCUT2D eigenvalue weighted by Crippen LogP contribution is 2.43. The fourth-order valence-corrected chi connectivity index (χ4v) is 4.07. The van der Waals surface area contributed by atoms with Gasteiger partial charge in [-0.1, -0.05) is 22.0 Å². The molecule has 2 nitrogen and oxygen atoms in total. The number of hydrogen-bond acceptors (Lipinski definition) is 3. The third-order valence-electron chi connectivity index (χ3n) is 3.78. The smallest absolute Gasteiger partial charge is 0.119 e. The molecule has 0 amide bonds. The van der Waals surface area contributed by atoms with Crippen molar-refractivity contribution in [2.24, 2.45) is 5.92 Å². The van der Waals surface area contributed by atoms with E-state index < -0.39 is 0 Å². The normalized spacial score (nSPS) is 21.7. The van der Waals surface area contributed by atoms with Crippen molar-refractivity contribution in [1.29, 1.82) is 5.26 Å². The van der Waals surface area contributed by atoms with Crippen molar-refractivity contribution in [3.63, 3.8) is 0 Å². The Hall–Kier alpha value is -0.500. The van der Waals surface area contributed by atoms with Crippen LogP contribution in [0.25, 0.3) is 0 Å². The molecule has 2 aliphatic rings. The molecule has 1 unspecified atom stereocenters. The highest BCUT2D eigenvalue weighted by molar-refractivity contribution is 9.10. The van der Waals surface area contributed by atoms with Crippen molar-refractivity contribution in [2.75, 3.05) is 5.75 Å². The van der Waals surface area contributed by atoms with Gasteiger partial charge in [0.15, 0.2) is 0 Å². The Labute approximate surface area is 127 Å². The molecule has 3 rings (SSSR count). The maximum absolute atomic E-state index is 9.66. The van der Waals surface area contributed by atoms with Crippen LogP contribution in [0.15, 0.2) is 33.6 Å². The van der Waals surface area contributed by atoms with E-state index in [0.29, 0.717) is 12.0 Å². The van der Waals surface area contributed by atoms with Crippen molar-refractivity contribution in [3.05, 3.63) is 28.7 Å². The Morgan fingerprint density at radius 2 is 2.16 bits per heavy atom. The summed E-state index contributed by atoms with van der Waals surface area (Å²) in [6, 6.07) is 11.5. The molecule has 0 saturated heterocycles. The van der Waals surface area contributed by atoms with Crippen LogP contribution in [0.1, 0.15) is 25.7 Å². The summed E-state index contributed by atoms with van der Waals surface area (Å²) < 4.78 is 1.10. The second-order valence-electron chi connectivity index (χ2n) is 5.52. The van der Waals surface area contributed by atoms with Crippen molar-refractivity contribution < 1.29 is 0 Å². The van der Waals surface area contributed by atoms with Crippen molar-refractivity contribution in [3.8, 4) is 6.07 Å². The van der Waals surface area contributed by atoms with Crippen LogP contribution >= 0.6 is 27.7 Å². The first-order valence-corrected chi connectivity index (χ1v) is 8.57. The Morgan fingerprint density at radius 3 is 2.74 bits per heavy atom. The number of rotatable bonds is 6. The minimum absolute atomic E-state index is 0.311. The molecule has 1 atom stereocenters. The molecule has 4 heteroatoms. The molecule has 2 saturated carbocycles. The predicted molar refractivity (Wildman–Crippen MR) is 82.1 cm³/mol. The molecule has 1 aromatic rings. The topological polar surface area (TPSA) is 35.8 Å². The lowest BCUT2D eigenvalue weighted by atomic mass is 9.97. The van der Waals surface area contributed by atoms with Crippen LogP contribution in [0.3, 0.4) is 0 Å².